The molecule has 0 bridgehead atoms. The molecular weight excluding hydrogens is 452 g/mol. The first kappa shape index (κ1) is 31.1. The fraction of sp³-hybridized carbons (Fsp3) is 0.933. The van der Waals surface area contributed by atoms with E-state index in [9.17, 15) is 9.59 Å². The third kappa shape index (κ3) is 14.0. The Labute approximate surface area is 221 Å². The molecular formula is C30H56N2O4. The predicted octanol–water partition coefficient (Wildman–Crippen LogP) is 5.93. The maximum atomic E-state index is 12.0. The van der Waals surface area contributed by atoms with E-state index in [1.807, 2.05) is 0 Å². The molecule has 0 aliphatic carbocycles. The lowest BCUT2D eigenvalue weighted by molar-refractivity contribution is -0.145. The standard InChI is InChI=1S/C30H56N2O4/c1-5-26(4)16-24-36-30(34)14-22-32-19-11-28(12-20-32)8-6-7-27-9-17-31(18-10-27)21-13-29(33)35-23-15-25(2)3/h25-28H,5-24H2,1-4H3. The van der Waals surface area contributed by atoms with E-state index < -0.39 is 0 Å². The van der Waals surface area contributed by atoms with Gasteiger partial charge in [-0.25, -0.2) is 0 Å². The molecule has 1 atom stereocenters. The summed E-state index contributed by atoms with van der Waals surface area (Å²) < 4.78 is 10.7. The van der Waals surface area contributed by atoms with Crippen LogP contribution in [0.25, 0.3) is 0 Å². The number of carbonyl (C=O) groups is 2. The second-order valence-corrected chi connectivity index (χ2v) is 11.9. The largest absolute Gasteiger partial charge is 0.466 e. The SMILES string of the molecule is CCC(C)CCOC(=O)CCN1CCC(CCCC2CCN(CCC(=O)OCCC(C)C)CC2)CC1. The van der Waals surface area contributed by atoms with Crippen molar-refractivity contribution in [1.29, 1.82) is 0 Å². The maximum Gasteiger partial charge on any atom is 0.307 e. The molecule has 0 aromatic carbocycles. The van der Waals surface area contributed by atoms with Gasteiger partial charge in [0.15, 0.2) is 0 Å². The van der Waals surface area contributed by atoms with Crippen LogP contribution in [-0.2, 0) is 19.1 Å². The average Bonchev–Trinajstić information content (AvgIpc) is 2.87. The quantitative estimate of drug-likeness (QED) is 0.227. The van der Waals surface area contributed by atoms with Crippen LogP contribution < -0.4 is 0 Å². The minimum Gasteiger partial charge on any atom is -0.466 e. The second kappa shape index (κ2) is 18.2. The lowest BCUT2D eigenvalue weighted by atomic mass is 9.87. The summed E-state index contributed by atoms with van der Waals surface area (Å²) in [6.07, 6.45) is 13.3. The van der Waals surface area contributed by atoms with Gasteiger partial charge >= 0.3 is 11.9 Å². The highest BCUT2D eigenvalue weighted by Crippen LogP contribution is 2.27. The molecule has 1 unspecified atom stereocenters. The van der Waals surface area contributed by atoms with Gasteiger partial charge in [0.1, 0.15) is 0 Å². The number of hydrogen-bond acceptors (Lipinski definition) is 6. The second-order valence-electron chi connectivity index (χ2n) is 11.9. The van der Waals surface area contributed by atoms with E-state index in [4.69, 9.17) is 9.47 Å². The number of hydrogen-bond donors (Lipinski definition) is 0. The predicted molar refractivity (Wildman–Crippen MR) is 147 cm³/mol. The van der Waals surface area contributed by atoms with Crippen LogP contribution in [0.15, 0.2) is 0 Å². The first-order valence-electron chi connectivity index (χ1n) is 15.1. The van der Waals surface area contributed by atoms with Crippen LogP contribution in [0.1, 0.15) is 105 Å². The van der Waals surface area contributed by atoms with Crippen molar-refractivity contribution < 1.29 is 19.1 Å². The van der Waals surface area contributed by atoms with Gasteiger partial charge in [-0.05, 0) is 88.4 Å². The number of nitrogens with zero attached hydrogens (tertiary/aromatic N) is 2. The zero-order chi connectivity index (χ0) is 26.2. The Bertz CT molecular complexity index is 596. The highest BCUT2D eigenvalue weighted by Gasteiger charge is 2.22. The molecule has 0 radical (unpaired) electrons. The lowest BCUT2D eigenvalue weighted by Crippen LogP contribution is -2.36. The van der Waals surface area contributed by atoms with E-state index >= 15 is 0 Å². The van der Waals surface area contributed by atoms with Crippen molar-refractivity contribution in [1.82, 2.24) is 9.80 Å². The Balaban J connectivity index is 1.45. The van der Waals surface area contributed by atoms with E-state index in [-0.39, 0.29) is 11.9 Å². The number of ether oxygens (including phenoxy) is 2. The van der Waals surface area contributed by atoms with Crippen LogP contribution in [0.5, 0.6) is 0 Å². The molecule has 0 amide bonds. The summed E-state index contributed by atoms with van der Waals surface area (Å²) in [5, 5.41) is 0. The average molecular weight is 509 g/mol. The van der Waals surface area contributed by atoms with Gasteiger partial charge in [0.25, 0.3) is 0 Å². The van der Waals surface area contributed by atoms with Crippen molar-refractivity contribution in [3.05, 3.63) is 0 Å². The molecule has 2 heterocycles. The Kier molecular flexibility index (Phi) is 15.7. The Morgan fingerprint density at radius 1 is 0.750 bits per heavy atom. The first-order valence-corrected chi connectivity index (χ1v) is 15.1. The summed E-state index contributed by atoms with van der Waals surface area (Å²) in [4.78, 5) is 28.8. The van der Waals surface area contributed by atoms with Crippen LogP contribution in [0.3, 0.4) is 0 Å². The molecule has 0 saturated carbocycles. The topological polar surface area (TPSA) is 59.1 Å². The molecule has 2 aliphatic heterocycles. The summed E-state index contributed by atoms with van der Waals surface area (Å²) in [7, 11) is 0. The fourth-order valence-corrected chi connectivity index (χ4v) is 5.32. The third-order valence-electron chi connectivity index (χ3n) is 8.43. The van der Waals surface area contributed by atoms with Crippen molar-refractivity contribution >= 4 is 11.9 Å². The van der Waals surface area contributed by atoms with E-state index in [0.717, 1.165) is 70.4 Å². The normalized spacial score (nSPS) is 19.5. The molecule has 0 aromatic rings. The number of esters is 2. The van der Waals surface area contributed by atoms with Gasteiger partial charge in [0.2, 0.25) is 0 Å². The van der Waals surface area contributed by atoms with Crippen LogP contribution in [-0.4, -0.2) is 74.2 Å². The van der Waals surface area contributed by atoms with Gasteiger partial charge in [-0.2, -0.15) is 0 Å². The molecule has 36 heavy (non-hydrogen) atoms. The number of carbonyl (C=O) groups excluding carboxylic acids is 2. The van der Waals surface area contributed by atoms with Crippen molar-refractivity contribution in [2.75, 3.05) is 52.5 Å². The molecule has 2 aliphatic rings. The Hall–Kier alpha value is -1.14. The van der Waals surface area contributed by atoms with Gasteiger partial charge in [-0.15, -0.1) is 0 Å². The summed E-state index contributed by atoms with van der Waals surface area (Å²) in [5.74, 6) is 2.84. The smallest absolute Gasteiger partial charge is 0.307 e. The molecule has 0 aromatic heterocycles. The zero-order valence-corrected chi connectivity index (χ0v) is 24.0. The van der Waals surface area contributed by atoms with Crippen LogP contribution >= 0.6 is 0 Å². The summed E-state index contributed by atoms with van der Waals surface area (Å²) in [6.45, 7) is 16.0. The maximum absolute atomic E-state index is 12.0. The monoisotopic (exact) mass is 508 g/mol. The van der Waals surface area contributed by atoms with Gasteiger partial charge in [0.05, 0.1) is 26.1 Å². The summed E-state index contributed by atoms with van der Waals surface area (Å²) in [6, 6.07) is 0. The minimum absolute atomic E-state index is 0.0342. The van der Waals surface area contributed by atoms with Crippen LogP contribution in [0.2, 0.25) is 0 Å². The van der Waals surface area contributed by atoms with Gasteiger partial charge in [-0.3, -0.25) is 9.59 Å². The highest BCUT2D eigenvalue weighted by molar-refractivity contribution is 5.69. The van der Waals surface area contributed by atoms with Crippen molar-refractivity contribution in [3.8, 4) is 0 Å². The highest BCUT2D eigenvalue weighted by atomic mass is 16.5. The first-order chi connectivity index (χ1) is 17.4. The summed E-state index contributed by atoms with van der Waals surface area (Å²) in [5.41, 5.74) is 0. The fourth-order valence-electron chi connectivity index (χ4n) is 5.32. The van der Waals surface area contributed by atoms with Gasteiger partial charge in [0, 0.05) is 13.1 Å². The van der Waals surface area contributed by atoms with E-state index in [2.05, 4.69) is 37.5 Å². The molecule has 0 spiro atoms. The van der Waals surface area contributed by atoms with E-state index in [1.165, 1.54) is 44.9 Å². The summed E-state index contributed by atoms with van der Waals surface area (Å²) >= 11 is 0. The van der Waals surface area contributed by atoms with Crippen molar-refractivity contribution in [3.63, 3.8) is 0 Å². The van der Waals surface area contributed by atoms with Crippen molar-refractivity contribution in [2.24, 2.45) is 23.7 Å². The zero-order valence-electron chi connectivity index (χ0n) is 24.0. The van der Waals surface area contributed by atoms with Crippen LogP contribution in [0.4, 0.5) is 0 Å². The molecule has 2 fully saturated rings. The third-order valence-corrected chi connectivity index (χ3v) is 8.43. The number of likely N-dealkylation sites (tertiary alicyclic amines) is 2. The molecule has 0 N–H and O–H groups in total. The molecule has 210 valence electrons. The van der Waals surface area contributed by atoms with E-state index in [0.29, 0.717) is 37.9 Å². The number of rotatable bonds is 17. The van der Waals surface area contributed by atoms with Crippen molar-refractivity contribution in [2.45, 2.75) is 105 Å². The molecule has 2 rings (SSSR count). The minimum atomic E-state index is -0.0409. The number of piperidine rings is 2. The Morgan fingerprint density at radius 3 is 1.61 bits per heavy atom. The van der Waals surface area contributed by atoms with Gasteiger partial charge < -0.3 is 19.3 Å². The Morgan fingerprint density at radius 2 is 1.19 bits per heavy atom. The molecule has 6 nitrogen and oxygen atoms in total. The van der Waals surface area contributed by atoms with Crippen LogP contribution in [0, 0.1) is 23.7 Å². The van der Waals surface area contributed by atoms with E-state index in [1.54, 1.807) is 0 Å². The lowest BCUT2D eigenvalue weighted by Gasteiger charge is -2.33. The molecule has 2 saturated heterocycles. The molecule has 6 heteroatoms. The van der Waals surface area contributed by atoms with Gasteiger partial charge in [-0.1, -0.05) is 53.4 Å².